The SMILES string of the molecule is c1cncc(-c2csc(Nc3cccc4ccccc34)n2)c1. The number of aromatic nitrogens is 2. The monoisotopic (exact) mass is 303 g/mol. The molecule has 2 aromatic heterocycles. The minimum absolute atomic E-state index is 0.884. The van der Waals surface area contributed by atoms with Gasteiger partial charge in [0.15, 0.2) is 5.13 Å². The van der Waals surface area contributed by atoms with Gasteiger partial charge in [-0.1, -0.05) is 36.4 Å². The van der Waals surface area contributed by atoms with Crippen molar-refractivity contribution in [2.24, 2.45) is 0 Å². The zero-order chi connectivity index (χ0) is 14.8. The normalized spacial score (nSPS) is 10.7. The molecule has 0 amide bonds. The van der Waals surface area contributed by atoms with Crippen LogP contribution in [-0.2, 0) is 0 Å². The van der Waals surface area contributed by atoms with Gasteiger partial charge in [-0.3, -0.25) is 4.98 Å². The molecule has 0 fully saturated rings. The summed E-state index contributed by atoms with van der Waals surface area (Å²) in [5.74, 6) is 0. The van der Waals surface area contributed by atoms with E-state index >= 15 is 0 Å². The third kappa shape index (κ3) is 2.44. The van der Waals surface area contributed by atoms with Crippen molar-refractivity contribution < 1.29 is 0 Å². The van der Waals surface area contributed by atoms with E-state index in [1.54, 1.807) is 17.5 Å². The highest BCUT2D eigenvalue weighted by Crippen LogP contribution is 2.30. The average molecular weight is 303 g/mol. The first-order chi connectivity index (χ1) is 10.9. The van der Waals surface area contributed by atoms with Crippen LogP contribution in [0.25, 0.3) is 22.0 Å². The molecule has 0 saturated heterocycles. The Morgan fingerprint density at radius 2 is 1.82 bits per heavy atom. The second-order valence-corrected chi connectivity index (χ2v) is 5.79. The molecule has 3 nitrogen and oxygen atoms in total. The molecule has 0 radical (unpaired) electrons. The Labute approximate surface area is 132 Å². The van der Waals surface area contributed by atoms with Crippen LogP contribution in [0.1, 0.15) is 0 Å². The Morgan fingerprint density at radius 1 is 0.909 bits per heavy atom. The highest BCUT2D eigenvalue weighted by Gasteiger charge is 2.06. The van der Waals surface area contributed by atoms with Crippen LogP contribution in [-0.4, -0.2) is 9.97 Å². The van der Waals surface area contributed by atoms with Gasteiger partial charge in [0.05, 0.1) is 5.69 Å². The Hall–Kier alpha value is -2.72. The van der Waals surface area contributed by atoms with E-state index in [0.717, 1.165) is 22.1 Å². The fourth-order valence-electron chi connectivity index (χ4n) is 2.43. The number of benzene rings is 2. The zero-order valence-corrected chi connectivity index (χ0v) is 12.5. The van der Waals surface area contributed by atoms with Gasteiger partial charge in [-0.25, -0.2) is 4.98 Å². The lowest BCUT2D eigenvalue weighted by Crippen LogP contribution is -1.91. The minimum atomic E-state index is 0.884. The number of thiazole rings is 1. The third-order valence-electron chi connectivity index (χ3n) is 3.49. The molecule has 2 aromatic carbocycles. The summed E-state index contributed by atoms with van der Waals surface area (Å²) in [5, 5.41) is 8.77. The van der Waals surface area contributed by atoms with Crippen molar-refractivity contribution in [1.82, 2.24) is 9.97 Å². The van der Waals surface area contributed by atoms with Crippen molar-refractivity contribution in [3.05, 3.63) is 72.4 Å². The molecular formula is C18H13N3S. The summed E-state index contributed by atoms with van der Waals surface area (Å²) in [5.41, 5.74) is 3.05. The number of fused-ring (bicyclic) bond motifs is 1. The molecule has 106 valence electrons. The van der Waals surface area contributed by atoms with Crippen molar-refractivity contribution in [3.63, 3.8) is 0 Å². The molecule has 0 unspecified atom stereocenters. The number of nitrogens with one attached hydrogen (secondary N) is 1. The Bertz CT molecular complexity index is 910. The quantitative estimate of drug-likeness (QED) is 0.572. The highest BCUT2D eigenvalue weighted by molar-refractivity contribution is 7.14. The molecule has 4 heteroatoms. The van der Waals surface area contributed by atoms with Crippen LogP contribution < -0.4 is 5.32 Å². The number of rotatable bonds is 3. The van der Waals surface area contributed by atoms with E-state index in [1.807, 2.05) is 23.7 Å². The number of nitrogens with zero attached hydrogens (tertiary/aromatic N) is 2. The van der Waals surface area contributed by atoms with Crippen LogP contribution in [0.2, 0.25) is 0 Å². The molecule has 0 aliphatic heterocycles. The Kier molecular flexibility index (Phi) is 3.29. The number of hydrogen-bond donors (Lipinski definition) is 1. The third-order valence-corrected chi connectivity index (χ3v) is 4.25. The van der Waals surface area contributed by atoms with Crippen LogP contribution in [0.4, 0.5) is 10.8 Å². The molecule has 0 spiro atoms. The summed E-state index contributed by atoms with van der Waals surface area (Å²) in [6.45, 7) is 0. The van der Waals surface area contributed by atoms with Gasteiger partial charge in [0.1, 0.15) is 0 Å². The summed E-state index contributed by atoms with van der Waals surface area (Å²) >= 11 is 1.60. The largest absolute Gasteiger partial charge is 0.331 e. The Balaban J connectivity index is 1.68. The van der Waals surface area contributed by atoms with Crippen LogP contribution in [0, 0.1) is 0 Å². The summed E-state index contributed by atoms with van der Waals surface area (Å²) in [6, 6.07) is 18.5. The highest BCUT2D eigenvalue weighted by atomic mass is 32.1. The maximum atomic E-state index is 4.65. The summed E-state index contributed by atoms with van der Waals surface area (Å²) in [4.78, 5) is 8.79. The van der Waals surface area contributed by atoms with E-state index in [-0.39, 0.29) is 0 Å². The molecule has 2 heterocycles. The topological polar surface area (TPSA) is 37.8 Å². The van der Waals surface area contributed by atoms with Crippen molar-refractivity contribution in [2.75, 3.05) is 5.32 Å². The molecule has 0 aliphatic carbocycles. The summed E-state index contributed by atoms with van der Waals surface area (Å²) < 4.78 is 0. The molecular weight excluding hydrogens is 290 g/mol. The lowest BCUT2D eigenvalue weighted by atomic mass is 10.1. The molecule has 22 heavy (non-hydrogen) atoms. The summed E-state index contributed by atoms with van der Waals surface area (Å²) in [6.07, 6.45) is 3.60. The number of hydrogen-bond acceptors (Lipinski definition) is 4. The van der Waals surface area contributed by atoms with E-state index in [0.29, 0.717) is 0 Å². The Morgan fingerprint density at radius 3 is 2.73 bits per heavy atom. The molecule has 4 rings (SSSR count). The molecule has 0 bridgehead atoms. The van der Waals surface area contributed by atoms with E-state index in [9.17, 15) is 0 Å². The maximum absolute atomic E-state index is 4.65. The van der Waals surface area contributed by atoms with Gasteiger partial charge in [0.25, 0.3) is 0 Å². The molecule has 0 atom stereocenters. The first kappa shape index (κ1) is 13.0. The standard InChI is InChI=1S/C18H13N3S/c1-2-8-15-13(5-1)6-3-9-16(15)20-18-21-17(12-22-18)14-7-4-10-19-11-14/h1-12H,(H,20,21). The number of pyridine rings is 1. The van der Waals surface area contributed by atoms with E-state index in [4.69, 9.17) is 0 Å². The predicted octanol–water partition coefficient (Wildman–Crippen LogP) is 5.10. The van der Waals surface area contributed by atoms with Gasteiger partial charge >= 0.3 is 0 Å². The molecule has 0 aliphatic rings. The van der Waals surface area contributed by atoms with Crippen LogP contribution >= 0.6 is 11.3 Å². The smallest absolute Gasteiger partial charge is 0.187 e. The van der Waals surface area contributed by atoms with Gasteiger partial charge in [-0.15, -0.1) is 11.3 Å². The van der Waals surface area contributed by atoms with E-state index in [2.05, 4.69) is 57.7 Å². The van der Waals surface area contributed by atoms with E-state index < -0.39 is 0 Å². The summed E-state index contributed by atoms with van der Waals surface area (Å²) in [7, 11) is 0. The van der Waals surface area contributed by atoms with Gasteiger partial charge in [0, 0.05) is 34.4 Å². The fraction of sp³-hybridized carbons (Fsp3) is 0. The second kappa shape index (κ2) is 5.58. The minimum Gasteiger partial charge on any atom is -0.331 e. The van der Waals surface area contributed by atoms with Gasteiger partial charge in [-0.2, -0.15) is 0 Å². The second-order valence-electron chi connectivity index (χ2n) is 4.93. The van der Waals surface area contributed by atoms with Gasteiger partial charge in [-0.05, 0) is 23.6 Å². The average Bonchev–Trinajstić information content (AvgIpc) is 3.05. The lowest BCUT2D eigenvalue weighted by molar-refractivity contribution is 1.30. The van der Waals surface area contributed by atoms with Gasteiger partial charge < -0.3 is 5.32 Å². The zero-order valence-electron chi connectivity index (χ0n) is 11.7. The predicted molar refractivity (Wildman–Crippen MR) is 92.6 cm³/mol. The fourth-order valence-corrected chi connectivity index (χ4v) is 3.16. The van der Waals surface area contributed by atoms with Crippen molar-refractivity contribution in [2.45, 2.75) is 0 Å². The number of anilines is 2. The van der Waals surface area contributed by atoms with Crippen LogP contribution in [0.15, 0.2) is 72.4 Å². The van der Waals surface area contributed by atoms with Crippen molar-refractivity contribution in [3.8, 4) is 11.3 Å². The van der Waals surface area contributed by atoms with Crippen molar-refractivity contribution in [1.29, 1.82) is 0 Å². The lowest BCUT2D eigenvalue weighted by Gasteiger charge is -2.06. The van der Waals surface area contributed by atoms with E-state index in [1.165, 1.54) is 10.8 Å². The first-order valence-electron chi connectivity index (χ1n) is 7.01. The maximum Gasteiger partial charge on any atom is 0.187 e. The first-order valence-corrected chi connectivity index (χ1v) is 7.89. The molecule has 4 aromatic rings. The molecule has 1 N–H and O–H groups in total. The van der Waals surface area contributed by atoms with Gasteiger partial charge in [0.2, 0.25) is 0 Å². The van der Waals surface area contributed by atoms with Crippen LogP contribution in [0.5, 0.6) is 0 Å². The van der Waals surface area contributed by atoms with Crippen molar-refractivity contribution >= 4 is 32.9 Å². The molecule has 0 saturated carbocycles. The van der Waals surface area contributed by atoms with Crippen LogP contribution in [0.3, 0.4) is 0 Å².